The smallest absolute Gasteiger partial charge is 0.0488 e. The maximum absolute atomic E-state index is 2.28. The van der Waals surface area contributed by atoms with Gasteiger partial charge in [0.25, 0.3) is 0 Å². The zero-order valence-corrected chi connectivity index (χ0v) is 10.6. The molecule has 1 nitrogen and oxygen atoms in total. The van der Waals surface area contributed by atoms with E-state index in [4.69, 9.17) is 0 Å². The standard InChI is InChI=1S/C16H17N/c1-16(2)10-8-13-12-6-4-5-7-14(12)17(3)15(13)9-11-16/h4-11H,1-3H3. The highest BCUT2D eigenvalue weighted by atomic mass is 14.9. The first-order valence-electron chi connectivity index (χ1n) is 6.04. The van der Waals surface area contributed by atoms with Gasteiger partial charge in [-0.05, 0) is 12.1 Å². The molecular formula is C16H17N. The Kier molecular flexibility index (Phi) is 2.06. The number of nitrogens with zero attached hydrogens (tertiary/aromatic N) is 1. The van der Waals surface area contributed by atoms with Crippen LogP contribution >= 0.6 is 0 Å². The molecule has 17 heavy (non-hydrogen) atoms. The zero-order chi connectivity index (χ0) is 12.0. The molecule has 1 heteroatoms. The highest BCUT2D eigenvalue weighted by Gasteiger charge is 2.17. The van der Waals surface area contributed by atoms with Gasteiger partial charge in [-0.25, -0.2) is 0 Å². The highest BCUT2D eigenvalue weighted by molar-refractivity contribution is 5.94. The second kappa shape index (κ2) is 3.36. The van der Waals surface area contributed by atoms with Crippen LogP contribution in [0.5, 0.6) is 0 Å². The summed E-state index contributed by atoms with van der Waals surface area (Å²) in [6, 6.07) is 8.58. The first kappa shape index (κ1) is 10.4. The van der Waals surface area contributed by atoms with Gasteiger partial charge in [0.15, 0.2) is 0 Å². The number of hydrogen-bond donors (Lipinski definition) is 0. The van der Waals surface area contributed by atoms with Gasteiger partial charge in [-0.3, -0.25) is 0 Å². The van der Waals surface area contributed by atoms with Crippen LogP contribution in [0.25, 0.3) is 23.1 Å². The third-order valence-electron chi connectivity index (χ3n) is 3.54. The lowest BCUT2D eigenvalue weighted by Gasteiger charge is -2.12. The summed E-state index contributed by atoms with van der Waals surface area (Å²) in [7, 11) is 2.14. The van der Waals surface area contributed by atoms with E-state index in [0.717, 1.165) is 0 Å². The highest BCUT2D eigenvalue weighted by Crippen LogP contribution is 2.33. The van der Waals surface area contributed by atoms with Gasteiger partial charge in [-0.2, -0.15) is 0 Å². The van der Waals surface area contributed by atoms with E-state index in [-0.39, 0.29) is 5.41 Å². The summed E-state index contributed by atoms with van der Waals surface area (Å²) in [4.78, 5) is 0. The fourth-order valence-electron chi connectivity index (χ4n) is 2.47. The van der Waals surface area contributed by atoms with Gasteiger partial charge >= 0.3 is 0 Å². The van der Waals surface area contributed by atoms with E-state index in [9.17, 15) is 0 Å². The van der Waals surface area contributed by atoms with Crippen molar-refractivity contribution >= 4 is 23.1 Å². The van der Waals surface area contributed by atoms with Crippen LogP contribution < -0.4 is 0 Å². The van der Waals surface area contributed by atoms with E-state index in [2.05, 4.69) is 74.0 Å². The van der Waals surface area contributed by atoms with Crippen molar-refractivity contribution in [2.75, 3.05) is 0 Å². The van der Waals surface area contributed by atoms with Crippen LogP contribution in [0.1, 0.15) is 25.1 Å². The molecule has 3 rings (SSSR count). The number of para-hydroxylation sites is 1. The first-order chi connectivity index (χ1) is 8.08. The molecule has 0 saturated carbocycles. The molecular weight excluding hydrogens is 206 g/mol. The molecule has 1 aliphatic rings. The lowest BCUT2D eigenvalue weighted by molar-refractivity contribution is 0.633. The molecule has 0 fully saturated rings. The molecule has 1 aromatic heterocycles. The van der Waals surface area contributed by atoms with Crippen molar-refractivity contribution in [3.63, 3.8) is 0 Å². The molecule has 0 saturated heterocycles. The third kappa shape index (κ3) is 1.54. The zero-order valence-electron chi connectivity index (χ0n) is 10.6. The molecule has 0 N–H and O–H groups in total. The fraction of sp³-hybridized carbons (Fsp3) is 0.250. The molecule has 86 valence electrons. The van der Waals surface area contributed by atoms with Crippen molar-refractivity contribution in [1.82, 2.24) is 4.57 Å². The Hall–Kier alpha value is -1.76. The summed E-state index contributed by atoms with van der Waals surface area (Å²) in [5.41, 5.74) is 4.07. The second-order valence-corrected chi connectivity index (χ2v) is 5.36. The van der Waals surface area contributed by atoms with Crippen LogP contribution in [-0.4, -0.2) is 4.57 Å². The minimum atomic E-state index is 0.139. The Morgan fingerprint density at radius 2 is 1.71 bits per heavy atom. The van der Waals surface area contributed by atoms with Crippen molar-refractivity contribution in [3.8, 4) is 0 Å². The fourth-order valence-corrected chi connectivity index (χ4v) is 2.47. The molecule has 1 aromatic carbocycles. The summed E-state index contributed by atoms with van der Waals surface area (Å²) in [5, 5.41) is 1.34. The Bertz CT molecular complexity index is 639. The second-order valence-electron chi connectivity index (χ2n) is 5.36. The van der Waals surface area contributed by atoms with Gasteiger partial charge in [-0.15, -0.1) is 0 Å². The van der Waals surface area contributed by atoms with Gasteiger partial charge in [0.1, 0.15) is 0 Å². The Labute approximate surface area is 102 Å². The van der Waals surface area contributed by atoms with Crippen molar-refractivity contribution in [2.24, 2.45) is 12.5 Å². The topological polar surface area (TPSA) is 4.93 Å². The summed E-state index contributed by atoms with van der Waals surface area (Å²) in [6.07, 6.45) is 9.06. The molecule has 2 aromatic rings. The number of allylic oxidation sites excluding steroid dienone is 2. The van der Waals surface area contributed by atoms with Crippen LogP contribution in [0.4, 0.5) is 0 Å². The van der Waals surface area contributed by atoms with Crippen LogP contribution in [-0.2, 0) is 7.05 Å². The maximum atomic E-state index is 2.28. The monoisotopic (exact) mass is 223 g/mol. The Balaban J connectivity index is 2.37. The van der Waals surface area contributed by atoms with Crippen LogP contribution in [0, 0.1) is 5.41 Å². The van der Waals surface area contributed by atoms with Crippen molar-refractivity contribution in [3.05, 3.63) is 47.7 Å². The van der Waals surface area contributed by atoms with Crippen LogP contribution in [0.15, 0.2) is 36.4 Å². The summed E-state index contributed by atoms with van der Waals surface area (Å²) in [6.45, 7) is 4.46. The largest absolute Gasteiger partial charge is 0.344 e. The number of benzene rings is 1. The Morgan fingerprint density at radius 1 is 1.00 bits per heavy atom. The molecule has 0 bridgehead atoms. The third-order valence-corrected chi connectivity index (χ3v) is 3.54. The molecule has 0 spiro atoms. The average molecular weight is 223 g/mol. The maximum Gasteiger partial charge on any atom is 0.0488 e. The molecule has 0 aliphatic heterocycles. The normalized spacial score (nSPS) is 17.1. The SMILES string of the molecule is Cn1c2c(c3ccccc31)C=CC(C)(C)C=C2. The number of fused-ring (bicyclic) bond motifs is 3. The number of hydrogen-bond acceptors (Lipinski definition) is 0. The minimum Gasteiger partial charge on any atom is -0.344 e. The van der Waals surface area contributed by atoms with Crippen molar-refractivity contribution < 1.29 is 0 Å². The molecule has 1 aliphatic carbocycles. The van der Waals surface area contributed by atoms with Crippen LogP contribution in [0.3, 0.4) is 0 Å². The van der Waals surface area contributed by atoms with Gasteiger partial charge in [0, 0.05) is 34.6 Å². The average Bonchev–Trinajstić information content (AvgIpc) is 2.46. The van der Waals surface area contributed by atoms with Gasteiger partial charge in [0.2, 0.25) is 0 Å². The van der Waals surface area contributed by atoms with Crippen molar-refractivity contribution in [1.29, 1.82) is 0 Å². The van der Waals surface area contributed by atoms with E-state index in [1.54, 1.807) is 0 Å². The van der Waals surface area contributed by atoms with E-state index in [0.29, 0.717) is 0 Å². The van der Waals surface area contributed by atoms with Crippen molar-refractivity contribution in [2.45, 2.75) is 13.8 Å². The first-order valence-corrected chi connectivity index (χ1v) is 6.04. The lowest BCUT2D eigenvalue weighted by atomic mass is 9.93. The minimum absolute atomic E-state index is 0.139. The predicted molar refractivity (Wildman–Crippen MR) is 74.8 cm³/mol. The number of rotatable bonds is 0. The lowest BCUT2D eigenvalue weighted by Crippen LogP contribution is -2.00. The molecule has 0 atom stereocenters. The summed E-state index contributed by atoms with van der Waals surface area (Å²) < 4.78 is 2.27. The van der Waals surface area contributed by atoms with Crippen LogP contribution in [0.2, 0.25) is 0 Å². The molecule has 1 heterocycles. The Morgan fingerprint density at radius 3 is 2.53 bits per heavy atom. The molecule has 0 amide bonds. The summed E-state index contributed by atoms with van der Waals surface area (Å²) in [5.74, 6) is 0. The number of aryl methyl sites for hydroxylation is 1. The predicted octanol–water partition coefficient (Wildman–Crippen LogP) is 4.24. The van der Waals surface area contributed by atoms with E-state index in [1.807, 2.05) is 0 Å². The summed E-state index contributed by atoms with van der Waals surface area (Å²) >= 11 is 0. The van der Waals surface area contributed by atoms with E-state index >= 15 is 0 Å². The van der Waals surface area contributed by atoms with Gasteiger partial charge in [0.05, 0.1) is 0 Å². The van der Waals surface area contributed by atoms with Gasteiger partial charge in [-0.1, -0.05) is 50.3 Å². The van der Waals surface area contributed by atoms with E-state index < -0.39 is 0 Å². The van der Waals surface area contributed by atoms with Gasteiger partial charge < -0.3 is 4.57 Å². The number of aromatic nitrogens is 1. The van der Waals surface area contributed by atoms with E-state index in [1.165, 1.54) is 22.2 Å². The molecule has 0 radical (unpaired) electrons. The molecule has 0 unspecified atom stereocenters. The quantitative estimate of drug-likeness (QED) is 0.629.